The summed E-state index contributed by atoms with van der Waals surface area (Å²) < 4.78 is 50.4. The maximum absolute atomic E-state index is 16.3. The van der Waals surface area contributed by atoms with Crippen LogP contribution >= 0.6 is 8.53 Å². The first-order chi connectivity index (χ1) is 22.0. The first-order valence-corrected chi connectivity index (χ1v) is 17.3. The molecule has 1 aromatic carbocycles. The van der Waals surface area contributed by atoms with Crippen LogP contribution in [0.15, 0.2) is 40.8 Å². The van der Waals surface area contributed by atoms with E-state index in [0.717, 1.165) is 16.6 Å². The van der Waals surface area contributed by atoms with Crippen molar-refractivity contribution in [1.82, 2.24) is 14.2 Å². The van der Waals surface area contributed by atoms with Crippen LogP contribution in [0.2, 0.25) is 0 Å². The molecule has 1 saturated heterocycles. The van der Waals surface area contributed by atoms with Crippen molar-refractivity contribution >= 4 is 8.53 Å². The quantitative estimate of drug-likeness (QED) is 0.0955. The lowest BCUT2D eigenvalue weighted by molar-refractivity contribution is -0.0276. The van der Waals surface area contributed by atoms with Gasteiger partial charge in [-0.15, -0.1) is 6.92 Å². The second-order valence-corrected chi connectivity index (χ2v) is 14.1. The molecule has 0 radical (unpaired) electrons. The highest BCUT2D eigenvalue weighted by Crippen LogP contribution is 2.51. The van der Waals surface area contributed by atoms with Gasteiger partial charge in [0, 0.05) is 24.1 Å². The summed E-state index contributed by atoms with van der Waals surface area (Å²) >= 11 is 0. The molecule has 250 valence electrons. The minimum absolute atomic E-state index is 0.0499. The summed E-state index contributed by atoms with van der Waals surface area (Å²) in [5.41, 5.74) is 2.07. The highest BCUT2D eigenvalue weighted by molar-refractivity contribution is 7.44. The number of fused-ring (bicyclic) bond motifs is 2. The van der Waals surface area contributed by atoms with E-state index in [1.165, 1.54) is 11.8 Å². The van der Waals surface area contributed by atoms with Gasteiger partial charge in [0.05, 0.1) is 43.7 Å². The lowest BCUT2D eigenvalue weighted by atomic mass is 9.98. The van der Waals surface area contributed by atoms with Gasteiger partial charge in [-0.1, -0.05) is 25.3 Å². The molecule has 2 aliphatic heterocycles. The van der Waals surface area contributed by atoms with Crippen LogP contribution < -0.4 is 15.2 Å². The number of hydrogen-bond donors (Lipinski definition) is 0. The second kappa shape index (κ2) is 14.4. The lowest BCUT2D eigenvalue weighted by Crippen LogP contribution is -2.38. The van der Waals surface area contributed by atoms with Crippen molar-refractivity contribution in [3.8, 4) is 23.3 Å². The Kier molecular flexibility index (Phi) is 10.8. The molecule has 2 aromatic rings. The zero-order valence-electron chi connectivity index (χ0n) is 27.7. The average molecular weight is 656 g/mol. The number of rotatable bonds is 15. The number of nitrogens with zero attached hydrogens (tertiary/aromatic N) is 4. The molecule has 46 heavy (non-hydrogen) atoms. The van der Waals surface area contributed by atoms with E-state index in [-0.39, 0.29) is 30.5 Å². The Hall–Kier alpha value is -3.00. The third kappa shape index (κ3) is 7.12. The standard InChI is InChI=1S/C34H45FN4O6P/c1-8-23-19-34(23,7)14-17-41-27-12-10-13-28-24(27)18-25-29(43-28)20-38(33(40)37-25)32-30(35)31(26(9-2)44-32)45-46(42-16-11-15-36)39(21(3)4)22(5)6/h8,10,12-13,19-22,26,30-32H,9,11,14,16-18H2,1-7H3/q-1. The molecule has 3 heterocycles. The number of hydrogen-bond acceptors (Lipinski definition) is 9. The molecule has 5 rings (SSSR count). The number of halogens is 1. The Morgan fingerprint density at radius 2 is 2.02 bits per heavy atom. The summed E-state index contributed by atoms with van der Waals surface area (Å²) in [5, 5.41) is 9.05. The molecular weight excluding hydrogens is 610 g/mol. The Labute approximate surface area is 272 Å². The van der Waals surface area contributed by atoms with Crippen LogP contribution in [-0.2, 0) is 20.2 Å². The molecule has 6 atom stereocenters. The SMILES string of the molecule is C[CH-]C1=CC1(C)CCOc1cccc2c1Cc1nc(=O)n(C3OC(CC)C(OP(OCCC#N)N(C(C)C)C(C)C)C3F)cc1O2. The number of nitriles is 1. The predicted molar refractivity (Wildman–Crippen MR) is 173 cm³/mol. The van der Waals surface area contributed by atoms with Crippen LogP contribution in [0.1, 0.15) is 85.2 Å². The van der Waals surface area contributed by atoms with Gasteiger partial charge in [0.15, 0.2) is 18.1 Å². The van der Waals surface area contributed by atoms with E-state index < -0.39 is 38.8 Å². The molecular formula is C34H45FN4O6P-. The van der Waals surface area contributed by atoms with Crippen molar-refractivity contribution in [3.05, 3.63) is 64.2 Å². The van der Waals surface area contributed by atoms with Crippen molar-refractivity contribution in [2.45, 2.75) is 111 Å². The van der Waals surface area contributed by atoms with Gasteiger partial charge in [-0.3, -0.25) is 4.57 Å². The highest BCUT2D eigenvalue weighted by Gasteiger charge is 2.49. The van der Waals surface area contributed by atoms with Crippen LogP contribution in [0.5, 0.6) is 17.2 Å². The van der Waals surface area contributed by atoms with E-state index in [4.69, 9.17) is 28.5 Å². The van der Waals surface area contributed by atoms with Crippen LogP contribution in [0.25, 0.3) is 0 Å². The Morgan fingerprint density at radius 3 is 2.67 bits per heavy atom. The monoisotopic (exact) mass is 655 g/mol. The van der Waals surface area contributed by atoms with E-state index in [1.54, 1.807) is 0 Å². The number of alkyl halides is 1. The molecule has 0 bridgehead atoms. The fourth-order valence-electron chi connectivity index (χ4n) is 6.20. The maximum atomic E-state index is 16.3. The van der Waals surface area contributed by atoms with E-state index in [9.17, 15) is 4.79 Å². The minimum Gasteiger partial charge on any atom is -0.493 e. The number of allylic oxidation sites excluding steroid dienone is 2. The Morgan fingerprint density at radius 1 is 1.26 bits per heavy atom. The van der Waals surface area contributed by atoms with Crippen molar-refractivity contribution in [3.63, 3.8) is 0 Å². The largest absolute Gasteiger partial charge is 0.493 e. The fraction of sp³-hybridized carbons (Fsp3) is 0.588. The second-order valence-electron chi connectivity index (χ2n) is 12.7. The van der Waals surface area contributed by atoms with Gasteiger partial charge in [-0.05, 0) is 52.7 Å². The first kappa shape index (κ1) is 34.3. The third-order valence-electron chi connectivity index (χ3n) is 8.70. The zero-order valence-corrected chi connectivity index (χ0v) is 28.6. The number of aromatic nitrogens is 2. The van der Waals surface area contributed by atoms with Crippen molar-refractivity contribution < 1.29 is 27.6 Å². The van der Waals surface area contributed by atoms with E-state index >= 15 is 4.39 Å². The molecule has 12 heteroatoms. The molecule has 0 saturated carbocycles. The van der Waals surface area contributed by atoms with Crippen molar-refractivity contribution in [2.75, 3.05) is 13.2 Å². The van der Waals surface area contributed by atoms with Gasteiger partial charge >= 0.3 is 5.69 Å². The first-order valence-electron chi connectivity index (χ1n) is 16.1. The van der Waals surface area contributed by atoms with E-state index in [2.05, 4.69) is 30.5 Å². The normalized spacial score (nSPS) is 25.5. The van der Waals surface area contributed by atoms with Crippen molar-refractivity contribution in [1.29, 1.82) is 5.26 Å². The molecule has 10 nitrogen and oxygen atoms in total. The van der Waals surface area contributed by atoms with Crippen molar-refractivity contribution in [2.24, 2.45) is 5.41 Å². The van der Waals surface area contributed by atoms with Gasteiger partial charge in [-0.2, -0.15) is 10.2 Å². The topological polar surface area (TPSA) is 108 Å². The van der Waals surface area contributed by atoms with Crippen LogP contribution in [-0.4, -0.2) is 57.9 Å². The van der Waals surface area contributed by atoms with Gasteiger partial charge < -0.3 is 23.3 Å². The van der Waals surface area contributed by atoms with E-state index in [0.29, 0.717) is 42.4 Å². The third-order valence-corrected chi connectivity index (χ3v) is 10.8. The summed E-state index contributed by atoms with van der Waals surface area (Å²) in [6, 6.07) is 7.79. The number of ether oxygens (including phenoxy) is 3. The van der Waals surface area contributed by atoms with Crippen LogP contribution in [0, 0.1) is 23.2 Å². The number of benzene rings is 1. The molecule has 0 N–H and O–H groups in total. The van der Waals surface area contributed by atoms with Gasteiger partial charge in [0.25, 0.3) is 8.53 Å². The fourth-order valence-corrected chi connectivity index (χ4v) is 7.96. The average Bonchev–Trinajstić information content (AvgIpc) is 3.58. The maximum Gasteiger partial charge on any atom is 0.350 e. The van der Waals surface area contributed by atoms with Crippen LogP contribution in [0.4, 0.5) is 4.39 Å². The van der Waals surface area contributed by atoms with E-state index in [1.807, 2.05) is 64.4 Å². The van der Waals surface area contributed by atoms with Crippen LogP contribution in [0.3, 0.4) is 0 Å². The molecule has 3 aliphatic rings. The van der Waals surface area contributed by atoms with Gasteiger partial charge in [-0.25, -0.2) is 31.9 Å². The molecule has 1 aromatic heterocycles. The highest BCUT2D eigenvalue weighted by atomic mass is 31.2. The smallest absolute Gasteiger partial charge is 0.350 e. The zero-order chi connectivity index (χ0) is 33.2. The molecule has 6 unspecified atom stereocenters. The molecule has 0 spiro atoms. The minimum atomic E-state index is -1.71. The summed E-state index contributed by atoms with van der Waals surface area (Å²) in [6.07, 6.45) is 3.15. The molecule has 1 aliphatic carbocycles. The lowest BCUT2D eigenvalue weighted by Gasteiger charge is -2.37. The summed E-state index contributed by atoms with van der Waals surface area (Å²) in [6.45, 7) is 14.9. The molecule has 1 fully saturated rings. The Bertz CT molecular complexity index is 1520. The molecule has 0 amide bonds. The summed E-state index contributed by atoms with van der Waals surface area (Å²) in [4.78, 5) is 17.7. The summed E-state index contributed by atoms with van der Waals surface area (Å²) in [5.74, 6) is 1.66. The predicted octanol–water partition coefficient (Wildman–Crippen LogP) is 7.19. The van der Waals surface area contributed by atoms with Gasteiger partial charge in [0.2, 0.25) is 0 Å². The Balaban J connectivity index is 1.33. The summed E-state index contributed by atoms with van der Waals surface area (Å²) in [7, 11) is -1.71. The van der Waals surface area contributed by atoms with Gasteiger partial charge in [0.1, 0.15) is 17.6 Å².